The van der Waals surface area contributed by atoms with Gasteiger partial charge in [0.05, 0.1) is 17.8 Å². The second-order valence-corrected chi connectivity index (χ2v) is 5.92. The zero-order valence-electron chi connectivity index (χ0n) is 12.1. The molecule has 0 aliphatic heterocycles. The van der Waals surface area contributed by atoms with Crippen LogP contribution in [-0.4, -0.2) is 23.7 Å². The van der Waals surface area contributed by atoms with Crippen LogP contribution in [0.2, 0.25) is 5.02 Å². The number of anilines is 1. The highest BCUT2D eigenvalue weighted by atomic mass is 35.5. The van der Waals surface area contributed by atoms with Crippen molar-refractivity contribution >= 4 is 40.6 Å². The predicted molar refractivity (Wildman–Crippen MR) is 90.5 cm³/mol. The van der Waals surface area contributed by atoms with E-state index in [-0.39, 0.29) is 28.1 Å². The van der Waals surface area contributed by atoms with E-state index in [9.17, 15) is 14.9 Å². The van der Waals surface area contributed by atoms with Gasteiger partial charge in [0.15, 0.2) is 0 Å². The predicted octanol–water partition coefficient (Wildman–Crippen LogP) is 3.99. The number of ether oxygens (including phenoxy) is 1. The maximum atomic E-state index is 12.0. The molecule has 0 aliphatic rings. The van der Waals surface area contributed by atoms with Gasteiger partial charge >= 0.3 is 0 Å². The van der Waals surface area contributed by atoms with Gasteiger partial charge in [0.1, 0.15) is 11.4 Å². The summed E-state index contributed by atoms with van der Waals surface area (Å²) in [6.45, 7) is 0. The van der Waals surface area contributed by atoms with Gasteiger partial charge in [-0.2, -0.15) is 0 Å². The topological polar surface area (TPSA) is 81.5 Å². The summed E-state index contributed by atoms with van der Waals surface area (Å²) in [5.41, 5.74) is -0.111. The Bertz CT molecular complexity index is 722. The van der Waals surface area contributed by atoms with E-state index in [4.69, 9.17) is 16.3 Å². The number of nitro benzene ring substituents is 1. The summed E-state index contributed by atoms with van der Waals surface area (Å²) < 4.78 is 5.06. The highest BCUT2D eigenvalue weighted by Crippen LogP contribution is 2.28. The van der Waals surface area contributed by atoms with Crippen molar-refractivity contribution in [3.05, 3.63) is 57.6 Å². The summed E-state index contributed by atoms with van der Waals surface area (Å²) >= 11 is 7.05. The van der Waals surface area contributed by atoms with E-state index < -0.39 is 4.92 Å². The van der Waals surface area contributed by atoms with Gasteiger partial charge in [-0.3, -0.25) is 14.9 Å². The largest absolute Gasteiger partial charge is 0.497 e. The summed E-state index contributed by atoms with van der Waals surface area (Å²) in [6, 6.07) is 11.4. The van der Waals surface area contributed by atoms with Gasteiger partial charge in [-0.1, -0.05) is 11.6 Å². The first-order valence-electron chi connectivity index (χ1n) is 6.50. The van der Waals surface area contributed by atoms with Crippen molar-refractivity contribution in [1.29, 1.82) is 0 Å². The third-order valence-electron chi connectivity index (χ3n) is 2.86. The molecule has 0 aromatic heterocycles. The molecule has 23 heavy (non-hydrogen) atoms. The van der Waals surface area contributed by atoms with E-state index in [1.54, 1.807) is 19.2 Å². The monoisotopic (exact) mass is 352 g/mol. The minimum Gasteiger partial charge on any atom is -0.497 e. The molecule has 0 unspecified atom stereocenters. The molecule has 0 spiro atoms. The molecule has 120 valence electrons. The molecule has 1 N–H and O–H groups in total. The SMILES string of the molecule is COc1ccc(SCC(=O)Nc2ccc(Cl)cc2[N+](=O)[O-])cc1. The third-order valence-corrected chi connectivity index (χ3v) is 4.11. The molecule has 0 heterocycles. The molecule has 1 amide bonds. The number of nitrogens with one attached hydrogen (secondary N) is 1. The smallest absolute Gasteiger partial charge is 0.294 e. The number of nitro groups is 1. The average molecular weight is 353 g/mol. The summed E-state index contributed by atoms with van der Waals surface area (Å²) in [5, 5.41) is 13.7. The lowest BCUT2D eigenvalue weighted by Gasteiger charge is -2.07. The lowest BCUT2D eigenvalue weighted by atomic mass is 10.2. The molecular formula is C15H13ClN2O4S. The van der Waals surface area contributed by atoms with Crippen LogP contribution in [0.25, 0.3) is 0 Å². The zero-order chi connectivity index (χ0) is 16.8. The summed E-state index contributed by atoms with van der Waals surface area (Å²) in [5.74, 6) is 0.526. The molecule has 2 aromatic rings. The van der Waals surface area contributed by atoms with Gasteiger partial charge in [0, 0.05) is 16.0 Å². The summed E-state index contributed by atoms with van der Waals surface area (Å²) in [6.07, 6.45) is 0. The molecule has 0 bridgehead atoms. The van der Waals surface area contributed by atoms with Crippen molar-refractivity contribution in [1.82, 2.24) is 0 Å². The van der Waals surface area contributed by atoms with Gasteiger partial charge in [-0.05, 0) is 36.4 Å². The van der Waals surface area contributed by atoms with Gasteiger partial charge in [-0.25, -0.2) is 0 Å². The lowest BCUT2D eigenvalue weighted by Crippen LogP contribution is -2.15. The van der Waals surface area contributed by atoms with Gasteiger partial charge < -0.3 is 10.1 Å². The first-order valence-corrected chi connectivity index (χ1v) is 7.86. The standard InChI is InChI=1S/C15H13ClN2O4S/c1-22-11-3-5-12(6-4-11)23-9-15(19)17-13-7-2-10(16)8-14(13)18(20)21/h2-8H,9H2,1H3,(H,17,19). The van der Waals surface area contributed by atoms with Crippen LogP contribution in [0.4, 0.5) is 11.4 Å². The minimum absolute atomic E-state index is 0.125. The molecular weight excluding hydrogens is 340 g/mol. The fraction of sp³-hybridized carbons (Fsp3) is 0.133. The fourth-order valence-electron chi connectivity index (χ4n) is 1.77. The van der Waals surface area contributed by atoms with Crippen molar-refractivity contribution in [2.24, 2.45) is 0 Å². The first kappa shape index (κ1) is 17.1. The molecule has 0 fully saturated rings. The average Bonchev–Trinajstić information content (AvgIpc) is 2.55. The molecule has 0 saturated heterocycles. The van der Waals surface area contributed by atoms with Crippen LogP contribution in [-0.2, 0) is 4.79 Å². The van der Waals surface area contributed by atoms with Crippen LogP contribution in [0.5, 0.6) is 5.75 Å². The molecule has 0 saturated carbocycles. The second-order valence-electron chi connectivity index (χ2n) is 4.43. The maximum absolute atomic E-state index is 12.0. The molecule has 0 atom stereocenters. The van der Waals surface area contributed by atoms with Crippen LogP contribution in [0.3, 0.4) is 0 Å². The van der Waals surface area contributed by atoms with Gasteiger partial charge in [0.25, 0.3) is 5.69 Å². The highest BCUT2D eigenvalue weighted by molar-refractivity contribution is 8.00. The van der Waals surface area contributed by atoms with E-state index in [0.29, 0.717) is 0 Å². The number of carbonyl (C=O) groups is 1. The van der Waals surface area contributed by atoms with E-state index in [2.05, 4.69) is 5.32 Å². The third kappa shape index (κ3) is 4.87. The highest BCUT2D eigenvalue weighted by Gasteiger charge is 2.16. The van der Waals surface area contributed by atoms with Gasteiger partial charge in [0.2, 0.25) is 5.91 Å². The van der Waals surface area contributed by atoms with Crippen molar-refractivity contribution in [3.8, 4) is 5.75 Å². The van der Waals surface area contributed by atoms with Crippen LogP contribution in [0.1, 0.15) is 0 Å². The van der Waals surface area contributed by atoms with E-state index in [1.165, 1.54) is 30.0 Å². The molecule has 8 heteroatoms. The lowest BCUT2D eigenvalue weighted by molar-refractivity contribution is -0.383. The van der Waals surface area contributed by atoms with E-state index >= 15 is 0 Å². The van der Waals surface area contributed by atoms with Crippen LogP contribution >= 0.6 is 23.4 Å². The summed E-state index contributed by atoms with van der Waals surface area (Å²) in [7, 11) is 1.58. The quantitative estimate of drug-likeness (QED) is 0.483. The number of nitrogens with zero attached hydrogens (tertiary/aromatic N) is 1. The van der Waals surface area contributed by atoms with Crippen molar-refractivity contribution in [3.63, 3.8) is 0 Å². The Morgan fingerprint density at radius 3 is 2.61 bits per heavy atom. The molecule has 6 nitrogen and oxygen atoms in total. The zero-order valence-corrected chi connectivity index (χ0v) is 13.7. The maximum Gasteiger partial charge on any atom is 0.294 e. The number of thioether (sulfide) groups is 1. The number of benzene rings is 2. The van der Waals surface area contributed by atoms with Crippen LogP contribution in [0.15, 0.2) is 47.4 Å². The Balaban J connectivity index is 1.98. The molecule has 2 aromatic carbocycles. The van der Waals surface area contributed by atoms with Gasteiger partial charge in [-0.15, -0.1) is 11.8 Å². The Labute approximate surface area is 141 Å². The van der Waals surface area contributed by atoms with Crippen molar-refractivity contribution in [2.75, 3.05) is 18.2 Å². The number of rotatable bonds is 6. The number of hydrogen-bond acceptors (Lipinski definition) is 5. The van der Waals surface area contributed by atoms with E-state index in [1.807, 2.05) is 12.1 Å². The summed E-state index contributed by atoms with van der Waals surface area (Å²) in [4.78, 5) is 23.2. The normalized spacial score (nSPS) is 10.2. The molecule has 0 radical (unpaired) electrons. The minimum atomic E-state index is -0.585. The molecule has 0 aliphatic carbocycles. The first-order chi connectivity index (χ1) is 11.0. The van der Waals surface area contributed by atoms with Crippen molar-refractivity contribution < 1.29 is 14.5 Å². The van der Waals surface area contributed by atoms with Crippen LogP contribution < -0.4 is 10.1 Å². The Morgan fingerprint density at radius 2 is 2.00 bits per heavy atom. The fourth-order valence-corrected chi connectivity index (χ4v) is 2.63. The molecule has 2 rings (SSSR count). The van der Waals surface area contributed by atoms with Crippen LogP contribution in [0, 0.1) is 10.1 Å². The number of hydrogen-bond donors (Lipinski definition) is 1. The number of halogens is 1. The Kier molecular flexibility index (Phi) is 5.84. The Hall–Kier alpha value is -2.25. The number of amides is 1. The van der Waals surface area contributed by atoms with Crippen molar-refractivity contribution in [2.45, 2.75) is 4.90 Å². The van der Waals surface area contributed by atoms with E-state index in [0.717, 1.165) is 10.6 Å². The second kappa shape index (κ2) is 7.85. The Morgan fingerprint density at radius 1 is 1.30 bits per heavy atom. The number of methoxy groups -OCH3 is 1. The number of carbonyl (C=O) groups excluding carboxylic acids is 1.